The van der Waals surface area contributed by atoms with Crippen LogP contribution >= 0.6 is 0 Å². The fourth-order valence-corrected chi connectivity index (χ4v) is 2.62. The van der Waals surface area contributed by atoms with Crippen LogP contribution in [-0.4, -0.2) is 25.3 Å². The summed E-state index contributed by atoms with van der Waals surface area (Å²) in [6, 6.07) is 8.40. The third-order valence-electron chi connectivity index (χ3n) is 3.79. The Labute approximate surface area is 129 Å². The lowest BCUT2D eigenvalue weighted by Gasteiger charge is -2.26. The lowest BCUT2D eigenvalue weighted by atomic mass is 9.94. The molecular weight excluding hydrogens is 262 g/mol. The second-order valence-electron chi connectivity index (χ2n) is 6.89. The van der Waals surface area contributed by atoms with Gasteiger partial charge in [-0.15, -0.1) is 0 Å². The number of benzene rings is 1. The lowest BCUT2D eigenvalue weighted by Crippen LogP contribution is -2.39. The van der Waals surface area contributed by atoms with Crippen LogP contribution in [0.4, 0.5) is 0 Å². The van der Waals surface area contributed by atoms with Crippen LogP contribution in [0.3, 0.4) is 0 Å². The third kappa shape index (κ3) is 5.01. The standard InChI is InChI=1S/C18H29NO2/c1-5-11-20-16-8-6-14(7-9-16)17-15(10-12-21-17)13-19-18(2,3)4/h6-9,15,17,19H,5,10-13H2,1-4H3. The normalized spacial score (nSPS) is 22.5. The highest BCUT2D eigenvalue weighted by Crippen LogP contribution is 2.35. The highest BCUT2D eigenvalue weighted by Gasteiger charge is 2.30. The molecule has 21 heavy (non-hydrogen) atoms. The van der Waals surface area contributed by atoms with E-state index in [2.05, 4.69) is 57.3 Å². The molecule has 1 aliphatic heterocycles. The van der Waals surface area contributed by atoms with E-state index in [0.717, 1.165) is 38.3 Å². The molecule has 1 aliphatic rings. The average Bonchev–Trinajstić information content (AvgIpc) is 2.91. The van der Waals surface area contributed by atoms with Crippen LogP contribution < -0.4 is 10.1 Å². The molecule has 1 N–H and O–H groups in total. The van der Waals surface area contributed by atoms with Crippen LogP contribution in [0.15, 0.2) is 24.3 Å². The molecule has 2 atom stereocenters. The van der Waals surface area contributed by atoms with Gasteiger partial charge in [-0.2, -0.15) is 0 Å². The Balaban J connectivity index is 1.96. The second kappa shape index (κ2) is 7.28. The summed E-state index contributed by atoms with van der Waals surface area (Å²) in [7, 11) is 0. The molecule has 118 valence electrons. The molecule has 0 aromatic heterocycles. The van der Waals surface area contributed by atoms with Crippen LogP contribution in [-0.2, 0) is 4.74 Å². The fraction of sp³-hybridized carbons (Fsp3) is 0.667. The van der Waals surface area contributed by atoms with Crippen molar-refractivity contribution in [2.45, 2.75) is 52.2 Å². The highest BCUT2D eigenvalue weighted by atomic mass is 16.5. The van der Waals surface area contributed by atoms with Gasteiger partial charge in [-0.25, -0.2) is 0 Å². The first kappa shape index (κ1) is 16.3. The minimum Gasteiger partial charge on any atom is -0.494 e. The summed E-state index contributed by atoms with van der Waals surface area (Å²) in [5, 5.41) is 3.60. The molecule has 2 rings (SSSR count). The Hall–Kier alpha value is -1.06. The van der Waals surface area contributed by atoms with Crippen LogP contribution in [0.25, 0.3) is 0 Å². The molecule has 0 bridgehead atoms. The van der Waals surface area contributed by atoms with Crippen molar-refractivity contribution in [3.8, 4) is 5.75 Å². The Bertz CT molecular complexity index is 422. The van der Waals surface area contributed by atoms with Crippen molar-refractivity contribution in [3.63, 3.8) is 0 Å². The number of hydrogen-bond acceptors (Lipinski definition) is 3. The van der Waals surface area contributed by atoms with Gasteiger partial charge in [0.2, 0.25) is 0 Å². The summed E-state index contributed by atoms with van der Waals surface area (Å²) < 4.78 is 11.6. The molecule has 3 heteroatoms. The molecule has 1 aromatic carbocycles. The van der Waals surface area contributed by atoms with Crippen LogP contribution in [0.2, 0.25) is 0 Å². The Kier molecular flexibility index (Phi) is 5.65. The van der Waals surface area contributed by atoms with Crippen molar-refractivity contribution < 1.29 is 9.47 Å². The van der Waals surface area contributed by atoms with Crippen molar-refractivity contribution in [1.82, 2.24) is 5.32 Å². The average molecular weight is 291 g/mol. The molecule has 0 spiro atoms. The largest absolute Gasteiger partial charge is 0.494 e. The lowest BCUT2D eigenvalue weighted by molar-refractivity contribution is 0.0889. The van der Waals surface area contributed by atoms with Crippen LogP contribution in [0, 0.1) is 5.92 Å². The number of hydrogen-bond donors (Lipinski definition) is 1. The molecule has 0 amide bonds. The van der Waals surface area contributed by atoms with Gasteiger partial charge in [0.25, 0.3) is 0 Å². The van der Waals surface area contributed by atoms with Gasteiger partial charge in [-0.3, -0.25) is 0 Å². The van der Waals surface area contributed by atoms with E-state index in [0.29, 0.717) is 5.92 Å². The Morgan fingerprint density at radius 3 is 2.57 bits per heavy atom. The Morgan fingerprint density at radius 1 is 1.24 bits per heavy atom. The fourth-order valence-electron chi connectivity index (χ4n) is 2.62. The first-order chi connectivity index (χ1) is 9.99. The first-order valence-electron chi connectivity index (χ1n) is 8.09. The third-order valence-corrected chi connectivity index (χ3v) is 3.79. The van der Waals surface area contributed by atoms with Gasteiger partial charge in [0, 0.05) is 24.6 Å². The summed E-state index contributed by atoms with van der Waals surface area (Å²) in [6.07, 6.45) is 2.37. The summed E-state index contributed by atoms with van der Waals surface area (Å²) >= 11 is 0. The van der Waals surface area contributed by atoms with E-state index >= 15 is 0 Å². The predicted molar refractivity (Wildman–Crippen MR) is 86.8 cm³/mol. The summed E-state index contributed by atoms with van der Waals surface area (Å²) in [6.45, 7) is 11.4. The van der Waals surface area contributed by atoms with Gasteiger partial charge in [-0.1, -0.05) is 19.1 Å². The van der Waals surface area contributed by atoms with Crippen molar-refractivity contribution in [1.29, 1.82) is 0 Å². The predicted octanol–water partition coefficient (Wildman–Crippen LogP) is 3.94. The number of nitrogens with one attached hydrogen (secondary N) is 1. The SMILES string of the molecule is CCCOc1ccc(C2OCCC2CNC(C)(C)C)cc1. The molecule has 1 heterocycles. The van der Waals surface area contributed by atoms with E-state index in [1.807, 2.05) is 0 Å². The van der Waals surface area contributed by atoms with Gasteiger partial charge >= 0.3 is 0 Å². The maximum Gasteiger partial charge on any atom is 0.119 e. The molecule has 3 nitrogen and oxygen atoms in total. The smallest absolute Gasteiger partial charge is 0.119 e. The zero-order valence-corrected chi connectivity index (χ0v) is 13.8. The minimum absolute atomic E-state index is 0.158. The molecule has 2 unspecified atom stereocenters. The van der Waals surface area contributed by atoms with Crippen LogP contribution in [0.5, 0.6) is 5.75 Å². The molecule has 1 saturated heterocycles. The quantitative estimate of drug-likeness (QED) is 0.861. The summed E-state index contributed by atoms with van der Waals surface area (Å²) in [4.78, 5) is 0. The zero-order chi connectivity index (χ0) is 15.3. The van der Waals surface area contributed by atoms with E-state index in [1.165, 1.54) is 5.56 Å². The Morgan fingerprint density at radius 2 is 1.95 bits per heavy atom. The number of ether oxygens (including phenoxy) is 2. The van der Waals surface area contributed by atoms with Crippen molar-refractivity contribution >= 4 is 0 Å². The highest BCUT2D eigenvalue weighted by molar-refractivity contribution is 5.29. The molecule has 0 radical (unpaired) electrons. The van der Waals surface area contributed by atoms with Crippen molar-refractivity contribution in [3.05, 3.63) is 29.8 Å². The second-order valence-corrected chi connectivity index (χ2v) is 6.89. The van der Waals surface area contributed by atoms with Crippen molar-refractivity contribution in [2.24, 2.45) is 5.92 Å². The van der Waals surface area contributed by atoms with E-state index in [-0.39, 0.29) is 11.6 Å². The first-order valence-corrected chi connectivity index (χ1v) is 8.09. The zero-order valence-electron chi connectivity index (χ0n) is 13.8. The summed E-state index contributed by atoms with van der Waals surface area (Å²) in [5.74, 6) is 1.49. The van der Waals surface area contributed by atoms with Gasteiger partial charge in [0.05, 0.1) is 12.7 Å². The van der Waals surface area contributed by atoms with Gasteiger partial charge in [-0.05, 0) is 51.3 Å². The summed E-state index contributed by atoms with van der Waals surface area (Å²) in [5.41, 5.74) is 1.42. The molecule has 1 aromatic rings. The molecule has 1 fully saturated rings. The van der Waals surface area contributed by atoms with E-state index in [1.54, 1.807) is 0 Å². The number of rotatable bonds is 6. The molecule has 0 aliphatic carbocycles. The molecular formula is C18H29NO2. The van der Waals surface area contributed by atoms with E-state index in [4.69, 9.17) is 9.47 Å². The van der Waals surface area contributed by atoms with E-state index in [9.17, 15) is 0 Å². The van der Waals surface area contributed by atoms with Gasteiger partial charge < -0.3 is 14.8 Å². The maximum absolute atomic E-state index is 5.96. The van der Waals surface area contributed by atoms with Gasteiger partial charge in [0.15, 0.2) is 0 Å². The molecule has 0 saturated carbocycles. The topological polar surface area (TPSA) is 30.5 Å². The maximum atomic E-state index is 5.96. The van der Waals surface area contributed by atoms with Crippen molar-refractivity contribution in [2.75, 3.05) is 19.8 Å². The van der Waals surface area contributed by atoms with Gasteiger partial charge in [0.1, 0.15) is 5.75 Å². The minimum atomic E-state index is 0.158. The monoisotopic (exact) mass is 291 g/mol. The van der Waals surface area contributed by atoms with Crippen LogP contribution in [0.1, 0.15) is 52.2 Å². The van der Waals surface area contributed by atoms with E-state index < -0.39 is 0 Å².